The number of aryl methyl sites for hydroxylation is 1. The summed E-state index contributed by atoms with van der Waals surface area (Å²) in [7, 11) is 0. The second kappa shape index (κ2) is 7.06. The smallest absolute Gasteiger partial charge is 0.0233 e. The van der Waals surface area contributed by atoms with Crippen LogP contribution in [0.3, 0.4) is 0 Å². The van der Waals surface area contributed by atoms with Crippen molar-refractivity contribution in [1.29, 1.82) is 0 Å². The quantitative estimate of drug-likeness (QED) is 0.880. The highest BCUT2D eigenvalue weighted by atomic mass is 15.1. The van der Waals surface area contributed by atoms with Crippen LogP contribution in [0.25, 0.3) is 0 Å². The molecule has 2 N–H and O–H groups in total. The molecule has 1 heterocycles. The third-order valence-electron chi connectivity index (χ3n) is 4.39. The summed E-state index contributed by atoms with van der Waals surface area (Å²) in [6, 6.07) is 9.35. The maximum Gasteiger partial charge on any atom is 0.0233 e. The van der Waals surface area contributed by atoms with E-state index in [4.69, 9.17) is 5.73 Å². The molecule has 0 aromatic heterocycles. The monoisotopic (exact) mass is 260 g/mol. The fraction of sp³-hybridized carbons (Fsp3) is 0.647. The predicted octanol–water partition coefficient (Wildman–Crippen LogP) is 3.33. The largest absolute Gasteiger partial charge is 0.328 e. The summed E-state index contributed by atoms with van der Waals surface area (Å²) in [5, 5.41) is 0. The van der Waals surface area contributed by atoms with Crippen molar-refractivity contribution in [1.82, 2.24) is 4.90 Å². The minimum atomic E-state index is 0.411. The molecular formula is C17H28N2. The first kappa shape index (κ1) is 14.5. The molecule has 0 spiro atoms. The van der Waals surface area contributed by atoms with Gasteiger partial charge in [-0.1, -0.05) is 36.8 Å². The fourth-order valence-corrected chi connectivity index (χ4v) is 2.93. The predicted molar refractivity (Wildman–Crippen MR) is 82.1 cm³/mol. The van der Waals surface area contributed by atoms with E-state index in [1.165, 1.54) is 43.5 Å². The summed E-state index contributed by atoms with van der Waals surface area (Å²) in [4.78, 5) is 2.58. The van der Waals surface area contributed by atoms with Crippen LogP contribution in [0.4, 0.5) is 0 Å². The Balaban J connectivity index is 1.75. The van der Waals surface area contributed by atoms with Crippen molar-refractivity contribution in [2.75, 3.05) is 13.1 Å². The first-order valence-electron chi connectivity index (χ1n) is 7.71. The Kier molecular flexibility index (Phi) is 5.41. The van der Waals surface area contributed by atoms with E-state index in [0.717, 1.165) is 18.9 Å². The van der Waals surface area contributed by atoms with Crippen LogP contribution in [0.15, 0.2) is 24.3 Å². The Morgan fingerprint density at radius 3 is 2.42 bits per heavy atom. The van der Waals surface area contributed by atoms with E-state index >= 15 is 0 Å². The van der Waals surface area contributed by atoms with Crippen LogP contribution in [0.5, 0.6) is 0 Å². The lowest BCUT2D eigenvalue weighted by atomic mass is 9.89. The maximum absolute atomic E-state index is 6.06. The van der Waals surface area contributed by atoms with Crippen molar-refractivity contribution in [3.05, 3.63) is 35.4 Å². The Morgan fingerprint density at radius 2 is 1.84 bits per heavy atom. The van der Waals surface area contributed by atoms with Gasteiger partial charge in [-0.05, 0) is 57.2 Å². The summed E-state index contributed by atoms with van der Waals surface area (Å²) >= 11 is 0. The van der Waals surface area contributed by atoms with Crippen LogP contribution in [0.1, 0.15) is 43.7 Å². The Labute approximate surface area is 118 Å². The lowest BCUT2D eigenvalue weighted by molar-refractivity contribution is 0.167. The molecule has 0 aliphatic carbocycles. The van der Waals surface area contributed by atoms with Gasteiger partial charge in [0.2, 0.25) is 0 Å². The summed E-state index contributed by atoms with van der Waals surface area (Å²) in [6.45, 7) is 7.90. The molecule has 1 aliphatic heterocycles. The lowest BCUT2D eigenvalue weighted by Gasteiger charge is -2.33. The molecular weight excluding hydrogens is 232 g/mol. The minimum absolute atomic E-state index is 0.411. The van der Waals surface area contributed by atoms with Crippen LogP contribution in [-0.4, -0.2) is 24.0 Å². The standard InChI is InChI=1S/C17H28N2/c1-3-17(18)12-15-8-10-19(11-9-15)13-16-6-4-14(2)5-7-16/h4-7,15,17H,3,8-13,18H2,1-2H3. The molecule has 1 fully saturated rings. The van der Waals surface area contributed by atoms with Gasteiger partial charge < -0.3 is 5.73 Å². The fourth-order valence-electron chi connectivity index (χ4n) is 2.93. The molecule has 2 heteroatoms. The molecule has 0 radical (unpaired) electrons. The molecule has 1 aromatic carbocycles. The lowest BCUT2D eigenvalue weighted by Crippen LogP contribution is -2.35. The van der Waals surface area contributed by atoms with Crippen molar-refractivity contribution in [3.8, 4) is 0 Å². The molecule has 0 bridgehead atoms. The number of likely N-dealkylation sites (tertiary alicyclic amines) is 1. The molecule has 1 aromatic rings. The molecule has 2 nitrogen and oxygen atoms in total. The maximum atomic E-state index is 6.06. The first-order chi connectivity index (χ1) is 9.17. The Morgan fingerprint density at radius 1 is 1.21 bits per heavy atom. The summed E-state index contributed by atoms with van der Waals surface area (Å²) < 4.78 is 0. The molecule has 0 saturated carbocycles. The summed E-state index contributed by atoms with van der Waals surface area (Å²) in [6.07, 6.45) is 4.97. The van der Waals surface area contributed by atoms with Gasteiger partial charge in [0.1, 0.15) is 0 Å². The Hall–Kier alpha value is -0.860. The van der Waals surface area contributed by atoms with Crippen molar-refractivity contribution >= 4 is 0 Å². The van der Waals surface area contributed by atoms with Gasteiger partial charge in [0.05, 0.1) is 0 Å². The van der Waals surface area contributed by atoms with Gasteiger partial charge >= 0.3 is 0 Å². The van der Waals surface area contributed by atoms with E-state index in [-0.39, 0.29) is 0 Å². The third-order valence-corrected chi connectivity index (χ3v) is 4.39. The van der Waals surface area contributed by atoms with Crippen molar-refractivity contribution in [2.24, 2.45) is 11.7 Å². The van der Waals surface area contributed by atoms with Crippen LogP contribution in [0, 0.1) is 12.8 Å². The number of hydrogen-bond donors (Lipinski definition) is 1. The van der Waals surface area contributed by atoms with Crippen molar-refractivity contribution in [2.45, 2.75) is 52.1 Å². The van der Waals surface area contributed by atoms with Crippen molar-refractivity contribution in [3.63, 3.8) is 0 Å². The van der Waals surface area contributed by atoms with Gasteiger partial charge in [-0.25, -0.2) is 0 Å². The van der Waals surface area contributed by atoms with Crippen LogP contribution < -0.4 is 5.73 Å². The number of piperidine rings is 1. The number of rotatable bonds is 5. The zero-order valence-corrected chi connectivity index (χ0v) is 12.4. The number of nitrogens with zero attached hydrogens (tertiary/aromatic N) is 1. The summed E-state index contributed by atoms with van der Waals surface area (Å²) in [5.41, 5.74) is 8.85. The third kappa shape index (κ3) is 4.63. The van der Waals surface area contributed by atoms with E-state index in [1.54, 1.807) is 0 Å². The van der Waals surface area contributed by atoms with Crippen molar-refractivity contribution < 1.29 is 0 Å². The van der Waals surface area contributed by atoms with Gasteiger partial charge in [-0.3, -0.25) is 4.90 Å². The molecule has 19 heavy (non-hydrogen) atoms. The van der Waals surface area contributed by atoms with Crippen LogP contribution >= 0.6 is 0 Å². The SMILES string of the molecule is CCC(N)CC1CCN(Cc2ccc(C)cc2)CC1. The normalized spacial score (nSPS) is 19.5. The van der Waals surface area contributed by atoms with E-state index in [1.807, 2.05) is 0 Å². The zero-order valence-electron chi connectivity index (χ0n) is 12.4. The topological polar surface area (TPSA) is 29.3 Å². The molecule has 1 atom stereocenters. The van der Waals surface area contributed by atoms with Gasteiger partial charge in [-0.15, -0.1) is 0 Å². The highest BCUT2D eigenvalue weighted by molar-refractivity contribution is 5.21. The van der Waals surface area contributed by atoms with Crippen LogP contribution in [0.2, 0.25) is 0 Å². The van der Waals surface area contributed by atoms with E-state index < -0.39 is 0 Å². The zero-order chi connectivity index (χ0) is 13.7. The molecule has 0 amide bonds. The number of hydrogen-bond acceptors (Lipinski definition) is 2. The average Bonchev–Trinajstić information content (AvgIpc) is 2.43. The average molecular weight is 260 g/mol. The van der Waals surface area contributed by atoms with Gasteiger partial charge in [-0.2, -0.15) is 0 Å². The number of benzene rings is 1. The van der Waals surface area contributed by atoms with E-state index in [2.05, 4.69) is 43.0 Å². The molecule has 1 unspecified atom stereocenters. The molecule has 1 saturated heterocycles. The molecule has 2 rings (SSSR count). The highest BCUT2D eigenvalue weighted by Gasteiger charge is 2.20. The van der Waals surface area contributed by atoms with Gasteiger partial charge in [0.15, 0.2) is 0 Å². The summed E-state index contributed by atoms with van der Waals surface area (Å²) in [5.74, 6) is 0.851. The second-order valence-corrected chi connectivity index (χ2v) is 6.11. The molecule has 1 aliphatic rings. The number of nitrogens with two attached hydrogens (primary N) is 1. The second-order valence-electron chi connectivity index (χ2n) is 6.11. The van der Waals surface area contributed by atoms with E-state index in [0.29, 0.717) is 6.04 Å². The minimum Gasteiger partial charge on any atom is -0.328 e. The van der Waals surface area contributed by atoms with Crippen LogP contribution in [-0.2, 0) is 6.54 Å². The highest BCUT2D eigenvalue weighted by Crippen LogP contribution is 2.23. The van der Waals surface area contributed by atoms with E-state index in [9.17, 15) is 0 Å². The van der Waals surface area contributed by atoms with Gasteiger partial charge in [0, 0.05) is 12.6 Å². The first-order valence-corrected chi connectivity index (χ1v) is 7.71. The van der Waals surface area contributed by atoms with Gasteiger partial charge in [0.25, 0.3) is 0 Å². The molecule has 106 valence electrons. The Bertz CT molecular complexity index is 363.